The second-order valence-corrected chi connectivity index (χ2v) is 19.8. The van der Waals surface area contributed by atoms with Crippen molar-refractivity contribution in [3.63, 3.8) is 0 Å². The van der Waals surface area contributed by atoms with E-state index in [1.54, 1.807) is 48.5 Å². The Labute approximate surface area is 369 Å². The Morgan fingerprint density at radius 2 is 1.32 bits per heavy atom. The zero-order valence-electron chi connectivity index (χ0n) is 40.2. The molecular weight excluding hydrogens is 808 g/mol. The van der Waals surface area contributed by atoms with Crippen LogP contribution in [0.2, 0.25) is 0 Å². The van der Waals surface area contributed by atoms with E-state index >= 15 is 0 Å². The molecule has 5 N–H and O–H groups in total. The number of cyclic esters (lactones) is 1. The lowest BCUT2D eigenvalue weighted by Crippen LogP contribution is -2.61. The number of aliphatic hydroxyl groups excluding tert-OH is 4. The quantitative estimate of drug-likeness (QED) is 0.199. The second-order valence-electron chi connectivity index (χ2n) is 19.8. The van der Waals surface area contributed by atoms with Gasteiger partial charge < -0.3 is 73.2 Å². The molecule has 0 bridgehead atoms. The Balaban J connectivity index is 1.94. The van der Waals surface area contributed by atoms with E-state index in [2.05, 4.69) is 0 Å². The summed E-state index contributed by atoms with van der Waals surface area (Å²) in [5.74, 6) is -5.01. The van der Waals surface area contributed by atoms with Crippen LogP contribution in [0.3, 0.4) is 0 Å². The van der Waals surface area contributed by atoms with Gasteiger partial charge in [-0.25, -0.2) is 0 Å². The van der Waals surface area contributed by atoms with Crippen LogP contribution >= 0.6 is 0 Å². The van der Waals surface area contributed by atoms with Crippen LogP contribution in [0.5, 0.6) is 0 Å². The fourth-order valence-corrected chi connectivity index (χ4v) is 10.3. The molecule has 9 unspecified atom stereocenters. The van der Waals surface area contributed by atoms with Gasteiger partial charge in [-0.3, -0.25) is 9.59 Å². The summed E-state index contributed by atoms with van der Waals surface area (Å²) < 4.78 is 51.7. The standard InChI is InChI=1S/C45H82N2O15/c1-17-31-45(11,54)40(51)23(4)35(48)21(2)18-30(59-32-19-29(46(12)13)36(49)27(8)56-32)39(62-43-37(50)34(47(14)15)22(3)26(7)58-43)24(5)38(25(6)42(53)60-31)61-33-20-44(10,55-16)41(52)28(9)57-33/h21-34,36-41,43,49-52,54H,17-20H2,1-16H3/t21-,22?,23+,24+,25-,26?,27?,28?,29?,30-,31-,32+,33+,34?,36?,37?,38+,39-,40-,41+,43+,44?,45-/m1/s1. The van der Waals surface area contributed by atoms with Crippen molar-refractivity contribution in [3.8, 4) is 0 Å². The largest absolute Gasteiger partial charge is 0.459 e. The maximum absolute atomic E-state index is 14.5. The predicted octanol–water partition coefficient (Wildman–Crippen LogP) is 2.09. The fourth-order valence-electron chi connectivity index (χ4n) is 10.3. The van der Waals surface area contributed by atoms with Crippen LogP contribution in [0, 0.1) is 29.6 Å². The van der Waals surface area contributed by atoms with Gasteiger partial charge in [-0.2, -0.15) is 0 Å². The number of rotatable bonds is 10. The molecule has 0 aromatic heterocycles. The molecule has 0 aromatic carbocycles. The number of esters is 1. The van der Waals surface area contributed by atoms with E-state index in [9.17, 15) is 35.1 Å². The van der Waals surface area contributed by atoms with Gasteiger partial charge in [-0.1, -0.05) is 34.6 Å². The number of carbonyl (C=O) groups excluding carboxylic acids is 2. The van der Waals surface area contributed by atoms with Gasteiger partial charge in [-0.15, -0.1) is 0 Å². The summed E-state index contributed by atoms with van der Waals surface area (Å²) in [6.07, 6.45) is -13.4. The smallest absolute Gasteiger partial charge is 0.311 e. The highest BCUT2D eigenvalue weighted by Crippen LogP contribution is 2.40. The van der Waals surface area contributed by atoms with Crippen LogP contribution < -0.4 is 0 Å². The summed E-state index contributed by atoms with van der Waals surface area (Å²) >= 11 is 0. The lowest BCUT2D eigenvalue weighted by atomic mass is 9.77. The van der Waals surface area contributed by atoms with E-state index in [-0.39, 0.29) is 55.6 Å². The van der Waals surface area contributed by atoms with Crippen molar-refractivity contribution in [3.05, 3.63) is 0 Å². The van der Waals surface area contributed by atoms with Crippen LogP contribution in [-0.2, 0) is 47.5 Å². The summed E-state index contributed by atoms with van der Waals surface area (Å²) in [7, 11) is 8.97. The number of aliphatic hydroxyl groups is 5. The van der Waals surface area contributed by atoms with Crippen molar-refractivity contribution in [1.29, 1.82) is 0 Å². The molecule has 0 amide bonds. The van der Waals surface area contributed by atoms with Crippen molar-refractivity contribution < 1.29 is 73.0 Å². The third-order valence-electron chi connectivity index (χ3n) is 14.7. The molecule has 4 rings (SSSR count). The normalized spacial score (nSPS) is 49.4. The number of Topliss-reactive ketones (excluding diaryl/α,β-unsaturated/α-hetero) is 1. The van der Waals surface area contributed by atoms with Crippen LogP contribution in [0.15, 0.2) is 0 Å². The number of ketones is 1. The Morgan fingerprint density at radius 3 is 1.89 bits per heavy atom. The molecule has 17 nitrogen and oxygen atoms in total. The molecule has 62 heavy (non-hydrogen) atoms. The highest BCUT2D eigenvalue weighted by atomic mass is 16.7. The van der Waals surface area contributed by atoms with Crippen LogP contribution in [0.1, 0.15) is 102 Å². The fraction of sp³-hybridized carbons (Fsp3) is 0.956. The van der Waals surface area contributed by atoms with Gasteiger partial charge in [0.1, 0.15) is 29.7 Å². The third-order valence-corrected chi connectivity index (χ3v) is 14.7. The number of hydrogen-bond donors (Lipinski definition) is 5. The highest BCUT2D eigenvalue weighted by molar-refractivity contribution is 5.83. The van der Waals surface area contributed by atoms with Crippen LogP contribution in [0.25, 0.3) is 0 Å². The van der Waals surface area contributed by atoms with E-state index in [4.69, 9.17) is 37.9 Å². The molecule has 0 radical (unpaired) electrons. The number of methoxy groups -OCH3 is 1. The van der Waals surface area contributed by atoms with Gasteiger partial charge in [-0.05, 0) is 82.6 Å². The SMILES string of the molecule is CC[C@H]1OC(=O)[C@H](C)[C@@H](O[C@H]2CC(C)(OC)[C@@H](O)C(C)O2)[C@H](C)[C@@H](O[C@@H]2OC(C)C(C)C(N(C)C)C2O)[C@H](O[C@H]2CC(N(C)C)C(O)C(C)O2)C[C@@H](C)C(=O)[C@H](C)[C@@H](O)[C@]1(C)O. The molecule has 0 saturated carbocycles. The topological polar surface area (TPSA) is 216 Å². The lowest BCUT2D eigenvalue weighted by molar-refractivity contribution is -0.327. The van der Waals surface area contributed by atoms with E-state index in [1.807, 2.05) is 58.8 Å². The van der Waals surface area contributed by atoms with Crippen molar-refractivity contribution in [1.82, 2.24) is 9.80 Å². The van der Waals surface area contributed by atoms with Gasteiger partial charge in [0.05, 0.1) is 60.4 Å². The first kappa shape index (κ1) is 53.2. The summed E-state index contributed by atoms with van der Waals surface area (Å²) in [6.45, 7) is 18.9. The van der Waals surface area contributed by atoms with Crippen LogP contribution in [0.4, 0.5) is 0 Å². The van der Waals surface area contributed by atoms with Crippen molar-refractivity contribution in [2.24, 2.45) is 29.6 Å². The molecule has 4 fully saturated rings. The Morgan fingerprint density at radius 1 is 0.710 bits per heavy atom. The minimum absolute atomic E-state index is 0.00992. The average molecular weight is 891 g/mol. The summed E-state index contributed by atoms with van der Waals surface area (Å²) in [5, 5.41) is 57.7. The Hall–Kier alpha value is -1.42. The summed E-state index contributed by atoms with van der Waals surface area (Å²) in [4.78, 5) is 32.7. The highest BCUT2D eigenvalue weighted by Gasteiger charge is 2.53. The van der Waals surface area contributed by atoms with Crippen molar-refractivity contribution >= 4 is 11.8 Å². The molecule has 4 saturated heterocycles. The zero-order valence-corrected chi connectivity index (χ0v) is 40.2. The molecule has 0 spiro atoms. The summed E-state index contributed by atoms with van der Waals surface area (Å²) in [5.41, 5.74) is -3.10. The van der Waals surface area contributed by atoms with Gasteiger partial charge in [0, 0.05) is 55.7 Å². The molecule has 362 valence electrons. The molecule has 4 heterocycles. The average Bonchev–Trinajstić information content (AvgIpc) is 3.20. The van der Waals surface area contributed by atoms with Gasteiger partial charge in [0.25, 0.3) is 0 Å². The molecule has 4 aliphatic heterocycles. The number of nitrogens with zero attached hydrogens (tertiary/aromatic N) is 2. The van der Waals surface area contributed by atoms with Crippen molar-refractivity contribution in [2.45, 2.75) is 211 Å². The third kappa shape index (κ3) is 11.4. The molecule has 17 heteroatoms. The molecule has 4 aliphatic rings. The first-order chi connectivity index (χ1) is 28.7. The number of carbonyl (C=O) groups is 2. The van der Waals surface area contributed by atoms with E-state index < -0.39 is 121 Å². The number of likely N-dealkylation sites (N-methyl/N-ethyl adjacent to an activating group) is 2. The number of hydrogen-bond acceptors (Lipinski definition) is 17. The monoisotopic (exact) mass is 891 g/mol. The molecule has 0 aromatic rings. The van der Waals surface area contributed by atoms with Crippen LogP contribution in [-0.4, -0.2) is 192 Å². The molecule has 23 atom stereocenters. The zero-order chi connectivity index (χ0) is 46.9. The first-order valence-corrected chi connectivity index (χ1v) is 22.7. The van der Waals surface area contributed by atoms with E-state index in [0.717, 1.165) is 0 Å². The van der Waals surface area contributed by atoms with Crippen molar-refractivity contribution in [2.75, 3.05) is 35.3 Å². The van der Waals surface area contributed by atoms with Gasteiger partial charge in [0.2, 0.25) is 0 Å². The maximum atomic E-state index is 14.5. The van der Waals surface area contributed by atoms with E-state index in [0.29, 0.717) is 0 Å². The minimum Gasteiger partial charge on any atom is -0.459 e. The molecular formula is C45H82N2O15. The Bertz CT molecular complexity index is 1460. The number of ether oxygens (including phenoxy) is 8. The molecule has 0 aliphatic carbocycles. The second kappa shape index (κ2) is 21.5. The first-order valence-electron chi connectivity index (χ1n) is 22.7. The van der Waals surface area contributed by atoms with Gasteiger partial charge >= 0.3 is 5.97 Å². The minimum atomic E-state index is -2.02. The predicted molar refractivity (Wildman–Crippen MR) is 227 cm³/mol. The van der Waals surface area contributed by atoms with Gasteiger partial charge in [0.15, 0.2) is 18.9 Å². The summed E-state index contributed by atoms with van der Waals surface area (Å²) in [6, 6.07) is -0.727. The maximum Gasteiger partial charge on any atom is 0.311 e. The lowest BCUT2D eigenvalue weighted by Gasteiger charge is -2.49. The van der Waals surface area contributed by atoms with E-state index in [1.165, 1.54) is 14.0 Å². The Kier molecular flexibility index (Phi) is 18.4.